The number of anilines is 1. The van der Waals surface area contributed by atoms with Gasteiger partial charge in [-0.05, 0) is 42.6 Å². The smallest absolute Gasteiger partial charge is 0.191 e. The van der Waals surface area contributed by atoms with Crippen LogP contribution >= 0.6 is 0 Å². The average Bonchev–Trinajstić information content (AvgIpc) is 3.48. The van der Waals surface area contributed by atoms with Gasteiger partial charge in [0, 0.05) is 51.5 Å². The number of nitrogens with zero attached hydrogens (tertiary/aromatic N) is 3. The Balaban J connectivity index is 1.23. The molecule has 1 saturated heterocycles. The van der Waals surface area contributed by atoms with Gasteiger partial charge in [-0.15, -0.1) is 0 Å². The molecule has 2 aromatic rings. The Morgan fingerprint density at radius 3 is 2.47 bits per heavy atom. The second kappa shape index (κ2) is 10.3. The molecule has 1 atom stereocenters. The molecular formula is C25H33N5. The standard InChI is InChI=1S/C25H33N5/c1-26-25(27-18-21-11-13-23(14-12-21)29-15-5-6-16-29)28-19-24-10-7-17-30(24)20-22-8-3-2-4-9-22/h2-6,8-9,11-14,24H,7,10,15-20H2,1H3,(H2,26,27,28). The molecule has 5 heteroatoms. The predicted molar refractivity (Wildman–Crippen MR) is 126 cm³/mol. The Labute approximate surface area is 180 Å². The van der Waals surface area contributed by atoms with E-state index in [1.165, 1.54) is 36.2 Å². The van der Waals surface area contributed by atoms with Crippen LogP contribution < -0.4 is 15.5 Å². The largest absolute Gasteiger partial charge is 0.364 e. The van der Waals surface area contributed by atoms with Gasteiger partial charge in [-0.1, -0.05) is 54.6 Å². The first-order valence-corrected chi connectivity index (χ1v) is 11.0. The summed E-state index contributed by atoms with van der Waals surface area (Å²) in [5, 5.41) is 6.99. The van der Waals surface area contributed by atoms with Crippen LogP contribution in [0.15, 0.2) is 71.7 Å². The van der Waals surface area contributed by atoms with Gasteiger partial charge in [0.25, 0.3) is 0 Å². The highest BCUT2D eigenvalue weighted by atomic mass is 15.2. The van der Waals surface area contributed by atoms with Crippen molar-refractivity contribution in [3.8, 4) is 0 Å². The molecular weight excluding hydrogens is 370 g/mol. The fourth-order valence-corrected chi connectivity index (χ4v) is 4.29. The van der Waals surface area contributed by atoms with Gasteiger partial charge in [-0.25, -0.2) is 0 Å². The van der Waals surface area contributed by atoms with E-state index in [2.05, 4.69) is 92.2 Å². The lowest BCUT2D eigenvalue weighted by Crippen LogP contribution is -2.44. The van der Waals surface area contributed by atoms with Crippen LogP contribution in [0.1, 0.15) is 24.0 Å². The van der Waals surface area contributed by atoms with E-state index in [1.807, 2.05) is 7.05 Å². The fraction of sp³-hybridized carbons (Fsp3) is 0.400. The zero-order chi connectivity index (χ0) is 20.6. The molecule has 5 nitrogen and oxygen atoms in total. The minimum atomic E-state index is 0.553. The van der Waals surface area contributed by atoms with Crippen LogP contribution in [-0.2, 0) is 13.1 Å². The van der Waals surface area contributed by atoms with Crippen molar-refractivity contribution >= 4 is 11.6 Å². The predicted octanol–water partition coefficient (Wildman–Crippen LogP) is 3.39. The third-order valence-electron chi connectivity index (χ3n) is 6.04. The van der Waals surface area contributed by atoms with Crippen molar-refractivity contribution < 1.29 is 0 Å². The SMILES string of the molecule is CN=C(NCc1ccc(N2CC=CC2)cc1)NCC1CCCN1Cc1ccccc1. The van der Waals surface area contributed by atoms with Gasteiger partial charge >= 0.3 is 0 Å². The molecule has 1 unspecified atom stereocenters. The van der Waals surface area contributed by atoms with Crippen LogP contribution in [0.3, 0.4) is 0 Å². The summed E-state index contributed by atoms with van der Waals surface area (Å²) < 4.78 is 0. The summed E-state index contributed by atoms with van der Waals surface area (Å²) >= 11 is 0. The van der Waals surface area contributed by atoms with Gasteiger partial charge in [-0.2, -0.15) is 0 Å². The lowest BCUT2D eigenvalue weighted by Gasteiger charge is -2.25. The molecule has 0 spiro atoms. The topological polar surface area (TPSA) is 42.9 Å². The number of aliphatic imine (C=N–C) groups is 1. The molecule has 2 heterocycles. The van der Waals surface area contributed by atoms with Crippen molar-refractivity contribution in [3.05, 3.63) is 77.9 Å². The van der Waals surface area contributed by atoms with Gasteiger partial charge in [0.1, 0.15) is 0 Å². The number of hydrogen-bond donors (Lipinski definition) is 2. The Hall–Kier alpha value is -2.79. The highest BCUT2D eigenvalue weighted by molar-refractivity contribution is 5.79. The van der Waals surface area contributed by atoms with E-state index in [0.717, 1.165) is 38.7 Å². The maximum Gasteiger partial charge on any atom is 0.191 e. The molecule has 2 aromatic carbocycles. The van der Waals surface area contributed by atoms with E-state index in [-0.39, 0.29) is 0 Å². The second-order valence-corrected chi connectivity index (χ2v) is 8.10. The van der Waals surface area contributed by atoms with Gasteiger partial charge in [0.05, 0.1) is 0 Å². The van der Waals surface area contributed by atoms with E-state index >= 15 is 0 Å². The van der Waals surface area contributed by atoms with Crippen LogP contribution in [0.25, 0.3) is 0 Å². The first-order valence-electron chi connectivity index (χ1n) is 11.0. The van der Waals surface area contributed by atoms with Crippen molar-refractivity contribution in [1.29, 1.82) is 0 Å². The normalized spacial score (nSPS) is 19.4. The first-order chi connectivity index (χ1) is 14.8. The van der Waals surface area contributed by atoms with Crippen LogP contribution in [-0.4, -0.2) is 50.1 Å². The maximum absolute atomic E-state index is 4.41. The molecule has 1 fully saturated rings. The molecule has 4 rings (SSSR count). The van der Waals surface area contributed by atoms with E-state index < -0.39 is 0 Å². The molecule has 2 N–H and O–H groups in total. The number of likely N-dealkylation sites (tertiary alicyclic amines) is 1. The minimum Gasteiger partial charge on any atom is -0.364 e. The van der Waals surface area contributed by atoms with Crippen molar-refractivity contribution in [2.45, 2.75) is 32.0 Å². The molecule has 0 aromatic heterocycles. The van der Waals surface area contributed by atoms with E-state index in [1.54, 1.807) is 0 Å². The number of guanidine groups is 1. The fourth-order valence-electron chi connectivity index (χ4n) is 4.29. The number of hydrogen-bond acceptors (Lipinski definition) is 3. The second-order valence-electron chi connectivity index (χ2n) is 8.10. The van der Waals surface area contributed by atoms with E-state index in [0.29, 0.717) is 6.04 Å². The van der Waals surface area contributed by atoms with Gasteiger partial charge in [-0.3, -0.25) is 9.89 Å². The molecule has 158 valence electrons. The summed E-state index contributed by atoms with van der Waals surface area (Å²) in [7, 11) is 1.84. The summed E-state index contributed by atoms with van der Waals surface area (Å²) in [6.45, 7) is 5.92. The monoisotopic (exact) mass is 403 g/mol. The van der Waals surface area contributed by atoms with Crippen molar-refractivity contribution in [2.24, 2.45) is 4.99 Å². The highest BCUT2D eigenvalue weighted by Crippen LogP contribution is 2.20. The Morgan fingerprint density at radius 2 is 1.73 bits per heavy atom. The Bertz CT molecular complexity index is 836. The van der Waals surface area contributed by atoms with Crippen molar-refractivity contribution in [3.63, 3.8) is 0 Å². The van der Waals surface area contributed by atoms with Crippen LogP contribution in [0.4, 0.5) is 5.69 Å². The lowest BCUT2D eigenvalue weighted by molar-refractivity contribution is 0.245. The third kappa shape index (κ3) is 5.42. The minimum absolute atomic E-state index is 0.553. The Kier molecular flexibility index (Phi) is 7.03. The lowest BCUT2D eigenvalue weighted by atomic mass is 10.2. The maximum atomic E-state index is 4.41. The molecule has 0 bridgehead atoms. The van der Waals surface area contributed by atoms with E-state index in [4.69, 9.17) is 0 Å². The zero-order valence-electron chi connectivity index (χ0n) is 17.9. The van der Waals surface area contributed by atoms with Crippen molar-refractivity contribution in [1.82, 2.24) is 15.5 Å². The van der Waals surface area contributed by atoms with Gasteiger partial charge in [0.15, 0.2) is 5.96 Å². The molecule has 2 aliphatic heterocycles. The molecule has 0 aliphatic carbocycles. The first kappa shape index (κ1) is 20.5. The molecule has 2 aliphatic rings. The summed E-state index contributed by atoms with van der Waals surface area (Å²) in [5.41, 5.74) is 3.94. The molecule has 0 amide bonds. The quantitative estimate of drug-likeness (QED) is 0.423. The summed E-state index contributed by atoms with van der Waals surface area (Å²) in [6, 6.07) is 20.1. The molecule has 30 heavy (non-hydrogen) atoms. The van der Waals surface area contributed by atoms with Crippen LogP contribution in [0, 0.1) is 0 Å². The van der Waals surface area contributed by atoms with Crippen LogP contribution in [0.2, 0.25) is 0 Å². The summed E-state index contributed by atoms with van der Waals surface area (Å²) in [6.07, 6.45) is 6.95. The van der Waals surface area contributed by atoms with Gasteiger partial charge in [0.2, 0.25) is 0 Å². The zero-order valence-corrected chi connectivity index (χ0v) is 17.9. The number of nitrogens with one attached hydrogen (secondary N) is 2. The van der Waals surface area contributed by atoms with Crippen molar-refractivity contribution in [2.75, 3.05) is 38.1 Å². The summed E-state index contributed by atoms with van der Waals surface area (Å²) in [5.74, 6) is 0.870. The number of benzene rings is 2. The molecule has 0 saturated carbocycles. The molecule has 0 radical (unpaired) electrons. The average molecular weight is 404 g/mol. The summed E-state index contributed by atoms with van der Waals surface area (Å²) in [4.78, 5) is 9.36. The Morgan fingerprint density at radius 1 is 0.967 bits per heavy atom. The van der Waals surface area contributed by atoms with E-state index in [9.17, 15) is 0 Å². The van der Waals surface area contributed by atoms with Crippen LogP contribution in [0.5, 0.6) is 0 Å². The highest BCUT2D eigenvalue weighted by Gasteiger charge is 2.24. The number of rotatable bonds is 7. The van der Waals surface area contributed by atoms with Gasteiger partial charge < -0.3 is 15.5 Å². The third-order valence-corrected chi connectivity index (χ3v) is 6.04.